The number of ketones is 1. The minimum Gasteiger partial charge on any atom is -0.390 e. The van der Waals surface area contributed by atoms with Crippen LogP contribution in [0.2, 0.25) is 0 Å². The number of carbonyl (C=O) groups is 1. The predicted molar refractivity (Wildman–Crippen MR) is 91.9 cm³/mol. The molecule has 0 heterocycles. The van der Waals surface area contributed by atoms with Crippen LogP contribution in [0.1, 0.15) is 109 Å². The molecule has 0 amide bonds. The largest absolute Gasteiger partial charge is 0.390 e. The zero-order valence-electron chi connectivity index (χ0n) is 14.5. The molecule has 0 aromatic carbocycles. The Labute approximate surface area is 137 Å². The first-order valence-electron chi connectivity index (χ1n) is 9.95. The molecule has 2 saturated carbocycles. The van der Waals surface area contributed by atoms with Crippen LogP contribution in [-0.2, 0) is 4.79 Å². The van der Waals surface area contributed by atoms with Crippen LogP contribution in [-0.4, -0.2) is 16.5 Å². The van der Waals surface area contributed by atoms with E-state index in [1.165, 1.54) is 70.6 Å². The van der Waals surface area contributed by atoms with E-state index < -0.39 is 0 Å². The first-order valence-corrected chi connectivity index (χ1v) is 9.95. The van der Waals surface area contributed by atoms with Gasteiger partial charge >= 0.3 is 0 Å². The van der Waals surface area contributed by atoms with Crippen molar-refractivity contribution in [3.05, 3.63) is 0 Å². The van der Waals surface area contributed by atoms with Gasteiger partial charge in [-0.05, 0) is 44.4 Å². The molecular weight excluding hydrogens is 272 g/mol. The van der Waals surface area contributed by atoms with E-state index in [-0.39, 0.29) is 5.60 Å². The Bertz CT molecular complexity index is 326. The third-order valence-electron chi connectivity index (χ3n) is 6.01. The fraction of sp³-hybridized carbons (Fsp3) is 0.950. The van der Waals surface area contributed by atoms with Gasteiger partial charge in [-0.25, -0.2) is 0 Å². The maximum Gasteiger partial charge on any atom is 0.132 e. The number of rotatable bonds is 0. The van der Waals surface area contributed by atoms with Crippen molar-refractivity contribution in [2.75, 3.05) is 0 Å². The second-order valence-electron chi connectivity index (χ2n) is 7.81. The molecular formula is C20H36O2. The lowest BCUT2D eigenvalue weighted by Crippen LogP contribution is -2.46. The Kier molecular flexibility index (Phi) is 7.92. The van der Waals surface area contributed by atoms with Crippen LogP contribution in [0.15, 0.2) is 0 Å². The number of fused-ring (bicyclic) bond motifs is 1. The van der Waals surface area contributed by atoms with E-state index in [9.17, 15) is 9.90 Å². The van der Waals surface area contributed by atoms with Gasteiger partial charge < -0.3 is 5.11 Å². The van der Waals surface area contributed by atoms with Gasteiger partial charge in [0.15, 0.2) is 0 Å². The Morgan fingerprint density at radius 2 is 1.23 bits per heavy atom. The monoisotopic (exact) mass is 308 g/mol. The molecule has 0 aliphatic heterocycles. The van der Waals surface area contributed by atoms with Crippen molar-refractivity contribution < 1.29 is 9.90 Å². The molecule has 1 N–H and O–H groups in total. The summed E-state index contributed by atoms with van der Waals surface area (Å²) in [5, 5.41) is 10.7. The average Bonchev–Trinajstić information content (AvgIpc) is 2.50. The standard InChI is InChI=1S/C20H36O2/c21-19-13-9-5-1-2-7-11-16-20(22)17-15-18(20)12-8-4-3-6-10-14-19/h18,22H,1-17H2/t18-,20-/m1/s1. The maximum atomic E-state index is 11.8. The Balaban J connectivity index is 1.71. The van der Waals surface area contributed by atoms with Crippen molar-refractivity contribution in [2.45, 2.75) is 115 Å². The van der Waals surface area contributed by atoms with E-state index in [4.69, 9.17) is 0 Å². The number of hydrogen-bond acceptors (Lipinski definition) is 2. The van der Waals surface area contributed by atoms with Crippen molar-refractivity contribution >= 4 is 5.78 Å². The van der Waals surface area contributed by atoms with Crippen molar-refractivity contribution in [1.29, 1.82) is 0 Å². The fourth-order valence-electron chi connectivity index (χ4n) is 4.25. The highest BCUT2D eigenvalue weighted by molar-refractivity contribution is 5.78. The van der Waals surface area contributed by atoms with Gasteiger partial charge in [-0.1, -0.05) is 57.8 Å². The molecule has 2 fully saturated rings. The molecule has 0 aromatic heterocycles. The molecule has 22 heavy (non-hydrogen) atoms. The highest BCUT2D eigenvalue weighted by Crippen LogP contribution is 2.45. The molecule has 128 valence electrons. The molecule has 2 heteroatoms. The summed E-state index contributed by atoms with van der Waals surface area (Å²) in [7, 11) is 0. The van der Waals surface area contributed by atoms with E-state index in [1.807, 2.05) is 0 Å². The summed E-state index contributed by atoms with van der Waals surface area (Å²) in [5.41, 5.74) is -0.308. The van der Waals surface area contributed by atoms with Crippen LogP contribution in [0.5, 0.6) is 0 Å². The number of carbonyl (C=O) groups excluding carboxylic acids is 1. The average molecular weight is 309 g/mol. The van der Waals surface area contributed by atoms with Crippen LogP contribution in [0, 0.1) is 5.92 Å². The molecule has 2 nitrogen and oxygen atoms in total. The van der Waals surface area contributed by atoms with Gasteiger partial charge in [0, 0.05) is 12.8 Å². The molecule has 0 aromatic rings. The van der Waals surface area contributed by atoms with Gasteiger partial charge in [-0.3, -0.25) is 4.79 Å². The molecule has 0 spiro atoms. The van der Waals surface area contributed by atoms with Crippen LogP contribution in [0.25, 0.3) is 0 Å². The summed E-state index contributed by atoms with van der Waals surface area (Å²) < 4.78 is 0. The molecule has 0 unspecified atom stereocenters. The van der Waals surface area contributed by atoms with E-state index in [1.54, 1.807) is 0 Å². The molecule has 2 aliphatic rings. The van der Waals surface area contributed by atoms with Gasteiger partial charge in [0.1, 0.15) is 5.78 Å². The van der Waals surface area contributed by atoms with Gasteiger partial charge in [-0.2, -0.15) is 0 Å². The second kappa shape index (κ2) is 9.70. The number of hydrogen-bond donors (Lipinski definition) is 1. The van der Waals surface area contributed by atoms with Gasteiger partial charge in [0.2, 0.25) is 0 Å². The Hall–Kier alpha value is -0.370. The van der Waals surface area contributed by atoms with Crippen LogP contribution < -0.4 is 0 Å². The van der Waals surface area contributed by atoms with E-state index in [0.29, 0.717) is 11.7 Å². The SMILES string of the molecule is O=C1CCCCCCCC[C@@]2(O)CC[C@H]2CCCCCCC1. The summed E-state index contributed by atoms with van der Waals surface area (Å²) in [6.45, 7) is 0. The minimum atomic E-state index is -0.308. The van der Waals surface area contributed by atoms with Crippen molar-refractivity contribution in [3.8, 4) is 0 Å². The van der Waals surface area contributed by atoms with Crippen molar-refractivity contribution in [1.82, 2.24) is 0 Å². The van der Waals surface area contributed by atoms with Gasteiger partial charge in [0.05, 0.1) is 5.60 Å². The summed E-state index contributed by atoms with van der Waals surface area (Å²) in [5.74, 6) is 1.06. The minimum absolute atomic E-state index is 0.308. The van der Waals surface area contributed by atoms with E-state index >= 15 is 0 Å². The highest BCUT2D eigenvalue weighted by atomic mass is 16.3. The highest BCUT2D eigenvalue weighted by Gasteiger charge is 2.43. The number of aliphatic hydroxyl groups is 1. The summed E-state index contributed by atoms with van der Waals surface area (Å²) >= 11 is 0. The van der Waals surface area contributed by atoms with Gasteiger partial charge in [-0.15, -0.1) is 0 Å². The zero-order valence-corrected chi connectivity index (χ0v) is 14.5. The topological polar surface area (TPSA) is 37.3 Å². The molecule has 0 radical (unpaired) electrons. The molecule has 2 rings (SSSR count). The quantitative estimate of drug-likeness (QED) is 0.636. The van der Waals surface area contributed by atoms with Crippen molar-refractivity contribution in [3.63, 3.8) is 0 Å². The first-order chi connectivity index (χ1) is 10.7. The molecule has 0 bridgehead atoms. The van der Waals surface area contributed by atoms with E-state index in [2.05, 4.69) is 0 Å². The lowest BCUT2D eigenvalue weighted by Gasteiger charge is -2.46. The lowest BCUT2D eigenvalue weighted by molar-refractivity contribution is -0.119. The predicted octanol–water partition coefficient (Wildman–Crippen LogP) is 5.56. The van der Waals surface area contributed by atoms with Crippen LogP contribution in [0.4, 0.5) is 0 Å². The number of Topliss-reactive ketones (excluding diaryl/α,β-unsaturated/α-hetero) is 1. The van der Waals surface area contributed by atoms with Gasteiger partial charge in [0.25, 0.3) is 0 Å². The maximum absolute atomic E-state index is 11.8. The van der Waals surface area contributed by atoms with Crippen LogP contribution >= 0.6 is 0 Å². The third-order valence-corrected chi connectivity index (χ3v) is 6.01. The molecule has 0 saturated heterocycles. The molecule has 2 aliphatic carbocycles. The smallest absolute Gasteiger partial charge is 0.132 e. The molecule has 2 atom stereocenters. The zero-order chi connectivity index (χ0) is 15.7. The van der Waals surface area contributed by atoms with Crippen LogP contribution in [0.3, 0.4) is 0 Å². The Morgan fingerprint density at radius 3 is 1.82 bits per heavy atom. The van der Waals surface area contributed by atoms with E-state index in [0.717, 1.165) is 38.5 Å². The second-order valence-corrected chi connectivity index (χ2v) is 7.81. The summed E-state index contributed by atoms with van der Waals surface area (Å²) in [6.07, 6.45) is 19.5. The Morgan fingerprint density at radius 1 is 0.682 bits per heavy atom. The normalized spacial score (nSPS) is 34.0. The van der Waals surface area contributed by atoms with Crippen molar-refractivity contribution in [2.24, 2.45) is 5.92 Å². The fourth-order valence-corrected chi connectivity index (χ4v) is 4.25. The lowest BCUT2D eigenvalue weighted by atomic mass is 9.65. The third kappa shape index (κ3) is 6.02. The first kappa shape index (κ1) is 18.0. The summed E-state index contributed by atoms with van der Waals surface area (Å²) in [6, 6.07) is 0. The summed E-state index contributed by atoms with van der Waals surface area (Å²) in [4.78, 5) is 11.8.